The van der Waals surface area contributed by atoms with Crippen LogP contribution in [0.5, 0.6) is 5.75 Å². The van der Waals surface area contributed by atoms with Gasteiger partial charge in [0.15, 0.2) is 0 Å². The van der Waals surface area contributed by atoms with E-state index in [1.54, 1.807) is 7.11 Å². The Balaban J connectivity index is 1.94. The lowest BCUT2D eigenvalue weighted by Crippen LogP contribution is -2.48. The van der Waals surface area contributed by atoms with Crippen LogP contribution < -0.4 is 4.74 Å². The first kappa shape index (κ1) is 18.7. The first-order valence-electron chi connectivity index (χ1n) is 10.6. The number of hydrogen-bond acceptors (Lipinski definition) is 3. The van der Waals surface area contributed by atoms with E-state index in [1.807, 2.05) is 6.08 Å². The Bertz CT molecular complexity index is 1150. The van der Waals surface area contributed by atoms with E-state index in [9.17, 15) is 5.11 Å². The minimum Gasteiger partial charge on any atom is -0.496 e. The quantitative estimate of drug-likeness (QED) is 0.593. The number of aliphatic hydroxyl groups is 1. The summed E-state index contributed by atoms with van der Waals surface area (Å²) >= 11 is 0. The van der Waals surface area contributed by atoms with Gasteiger partial charge in [-0.15, -0.1) is 0 Å². The standard InChI is InChI=1S/C26H29NO2/c1-5-17-7-8-19-20(11-17)21-12-18(15-28)24(29-4)13-22(21)23-14-27-10-6-9-26(27,3)16(2)25(19)23/h5,7-8,11-13,16,28H,1,6,9-10,14-15H2,2-4H3. The molecule has 5 rings (SSSR count). The van der Waals surface area contributed by atoms with Crippen LogP contribution in [0.2, 0.25) is 0 Å². The van der Waals surface area contributed by atoms with Crippen LogP contribution in [0.3, 0.4) is 0 Å². The molecule has 1 N–H and O–H groups in total. The van der Waals surface area contributed by atoms with Crippen LogP contribution in [0.15, 0.2) is 36.9 Å². The second-order valence-electron chi connectivity index (χ2n) is 8.87. The SMILES string of the molecule is C=Cc1ccc2c3c(c4cc(OC)c(CO)cc4c2c1)CN1CCCC1(C)C3C. The van der Waals surface area contributed by atoms with Gasteiger partial charge in [0.25, 0.3) is 0 Å². The predicted octanol–water partition coefficient (Wildman–Crippen LogP) is 5.61. The van der Waals surface area contributed by atoms with Crippen molar-refractivity contribution < 1.29 is 9.84 Å². The maximum absolute atomic E-state index is 9.91. The van der Waals surface area contributed by atoms with Gasteiger partial charge in [-0.2, -0.15) is 0 Å². The molecule has 2 aliphatic heterocycles. The smallest absolute Gasteiger partial charge is 0.125 e. The zero-order valence-electron chi connectivity index (χ0n) is 17.6. The van der Waals surface area contributed by atoms with Crippen molar-refractivity contribution in [2.24, 2.45) is 0 Å². The van der Waals surface area contributed by atoms with Gasteiger partial charge in [0.2, 0.25) is 0 Å². The summed E-state index contributed by atoms with van der Waals surface area (Å²) < 4.78 is 5.64. The molecule has 3 aromatic rings. The molecular weight excluding hydrogens is 358 g/mol. The van der Waals surface area contributed by atoms with Crippen LogP contribution in [0.25, 0.3) is 27.6 Å². The molecule has 3 heteroatoms. The molecule has 0 aliphatic carbocycles. The van der Waals surface area contributed by atoms with Gasteiger partial charge in [0, 0.05) is 23.6 Å². The van der Waals surface area contributed by atoms with E-state index in [2.05, 4.69) is 55.7 Å². The number of nitrogens with zero attached hydrogens (tertiary/aromatic N) is 1. The predicted molar refractivity (Wildman–Crippen MR) is 120 cm³/mol. The van der Waals surface area contributed by atoms with Gasteiger partial charge >= 0.3 is 0 Å². The first-order chi connectivity index (χ1) is 14.0. The molecule has 3 nitrogen and oxygen atoms in total. The van der Waals surface area contributed by atoms with Crippen LogP contribution in [0.4, 0.5) is 0 Å². The van der Waals surface area contributed by atoms with Crippen molar-refractivity contribution in [3.05, 3.63) is 59.2 Å². The van der Waals surface area contributed by atoms with E-state index in [1.165, 1.54) is 52.1 Å². The summed E-state index contributed by atoms with van der Waals surface area (Å²) in [6.45, 7) is 10.9. The topological polar surface area (TPSA) is 32.7 Å². The largest absolute Gasteiger partial charge is 0.496 e. The summed E-state index contributed by atoms with van der Waals surface area (Å²) in [7, 11) is 1.68. The lowest BCUT2D eigenvalue weighted by molar-refractivity contribution is 0.108. The summed E-state index contributed by atoms with van der Waals surface area (Å²) in [6.07, 6.45) is 4.43. The third kappa shape index (κ3) is 2.50. The molecule has 0 spiro atoms. The number of fused-ring (bicyclic) bond motifs is 7. The Kier molecular flexibility index (Phi) is 4.23. The number of benzene rings is 3. The summed E-state index contributed by atoms with van der Waals surface area (Å²) in [5, 5.41) is 15.0. The minimum atomic E-state index is -0.0283. The molecule has 2 unspecified atom stereocenters. The van der Waals surface area contributed by atoms with Crippen molar-refractivity contribution in [3.8, 4) is 5.75 Å². The van der Waals surface area contributed by atoms with Crippen LogP contribution in [0, 0.1) is 0 Å². The molecule has 2 aliphatic rings. The monoisotopic (exact) mass is 387 g/mol. The summed E-state index contributed by atoms with van der Waals surface area (Å²) in [6, 6.07) is 11.0. The molecule has 1 fully saturated rings. The zero-order chi connectivity index (χ0) is 20.3. The molecule has 29 heavy (non-hydrogen) atoms. The van der Waals surface area contributed by atoms with Gasteiger partial charge in [0.05, 0.1) is 13.7 Å². The van der Waals surface area contributed by atoms with E-state index in [0.717, 1.165) is 23.4 Å². The molecular formula is C26H29NO2. The van der Waals surface area contributed by atoms with Crippen LogP contribution in [-0.4, -0.2) is 29.2 Å². The lowest BCUT2D eigenvalue weighted by Gasteiger charge is -2.46. The van der Waals surface area contributed by atoms with Gasteiger partial charge < -0.3 is 9.84 Å². The van der Waals surface area contributed by atoms with Gasteiger partial charge in [-0.25, -0.2) is 0 Å². The fraction of sp³-hybridized carbons (Fsp3) is 0.385. The Morgan fingerprint density at radius 1 is 1.21 bits per heavy atom. The normalized spacial score (nSPS) is 23.9. The van der Waals surface area contributed by atoms with Crippen molar-refractivity contribution in [1.29, 1.82) is 0 Å². The van der Waals surface area contributed by atoms with Crippen molar-refractivity contribution in [2.75, 3.05) is 13.7 Å². The molecule has 0 aromatic heterocycles. The fourth-order valence-corrected chi connectivity index (χ4v) is 5.82. The molecule has 2 atom stereocenters. The first-order valence-corrected chi connectivity index (χ1v) is 10.6. The molecule has 0 amide bonds. The van der Waals surface area contributed by atoms with Gasteiger partial charge in [-0.05, 0) is 82.7 Å². The maximum atomic E-state index is 9.91. The van der Waals surface area contributed by atoms with Gasteiger partial charge in [-0.3, -0.25) is 4.90 Å². The highest BCUT2D eigenvalue weighted by atomic mass is 16.5. The maximum Gasteiger partial charge on any atom is 0.125 e. The second kappa shape index (κ2) is 6.58. The Morgan fingerprint density at radius 3 is 2.72 bits per heavy atom. The van der Waals surface area contributed by atoms with Crippen molar-refractivity contribution >= 4 is 27.6 Å². The number of ether oxygens (including phenoxy) is 1. The third-order valence-corrected chi connectivity index (χ3v) is 7.65. The van der Waals surface area contributed by atoms with Crippen LogP contribution in [0.1, 0.15) is 54.9 Å². The molecule has 2 heterocycles. The molecule has 150 valence electrons. The van der Waals surface area contributed by atoms with E-state index >= 15 is 0 Å². The third-order valence-electron chi connectivity index (χ3n) is 7.65. The van der Waals surface area contributed by atoms with E-state index in [-0.39, 0.29) is 12.1 Å². The molecule has 0 radical (unpaired) electrons. The Hall–Kier alpha value is -2.36. The summed E-state index contributed by atoms with van der Waals surface area (Å²) in [5.74, 6) is 1.22. The molecule has 1 saturated heterocycles. The highest BCUT2D eigenvalue weighted by Gasteiger charge is 2.46. The number of hydrogen-bond donors (Lipinski definition) is 1. The zero-order valence-corrected chi connectivity index (χ0v) is 17.6. The minimum absolute atomic E-state index is 0.0283. The second-order valence-corrected chi connectivity index (χ2v) is 8.87. The van der Waals surface area contributed by atoms with Gasteiger partial charge in [-0.1, -0.05) is 31.7 Å². The highest BCUT2D eigenvalue weighted by Crippen LogP contribution is 2.51. The van der Waals surface area contributed by atoms with Crippen LogP contribution >= 0.6 is 0 Å². The number of rotatable bonds is 3. The molecule has 0 saturated carbocycles. The highest BCUT2D eigenvalue weighted by molar-refractivity contribution is 6.12. The van der Waals surface area contributed by atoms with Crippen molar-refractivity contribution in [2.45, 2.75) is 51.3 Å². The van der Waals surface area contributed by atoms with E-state index in [4.69, 9.17) is 4.74 Å². The van der Waals surface area contributed by atoms with E-state index in [0.29, 0.717) is 5.92 Å². The van der Waals surface area contributed by atoms with Crippen molar-refractivity contribution in [3.63, 3.8) is 0 Å². The number of methoxy groups -OCH3 is 1. The van der Waals surface area contributed by atoms with Crippen molar-refractivity contribution in [1.82, 2.24) is 4.90 Å². The van der Waals surface area contributed by atoms with E-state index < -0.39 is 0 Å². The van der Waals surface area contributed by atoms with Crippen LogP contribution in [-0.2, 0) is 13.2 Å². The number of aliphatic hydroxyl groups excluding tert-OH is 1. The summed E-state index contributed by atoms with van der Waals surface area (Å²) in [5.41, 5.74) is 5.09. The Morgan fingerprint density at radius 2 is 2.00 bits per heavy atom. The average molecular weight is 388 g/mol. The van der Waals surface area contributed by atoms with Gasteiger partial charge in [0.1, 0.15) is 5.75 Å². The summed E-state index contributed by atoms with van der Waals surface area (Å²) in [4.78, 5) is 2.68. The lowest BCUT2D eigenvalue weighted by atomic mass is 9.72. The Labute approximate surface area is 172 Å². The fourth-order valence-electron chi connectivity index (χ4n) is 5.82. The molecule has 3 aromatic carbocycles. The molecule has 0 bridgehead atoms. The average Bonchev–Trinajstić information content (AvgIpc) is 3.14.